The fourth-order valence-corrected chi connectivity index (χ4v) is 3.81. The van der Waals surface area contributed by atoms with Crippen LogP contribution < -0.4 is 5.32 Å². The maximum Gasteiger partial charge on any atom is 0.310 e. The molecule has 5 nitrogen and oxygen atoms in total. The molecule has 2 heterocycles. The van der Waals surface area contributed by atoms with Crippen molar-refractivity contribution < 1.29 is 19.4 Å². The van der Waals surface area contributed by atoms with Gasteiger partial charge >= 0.3 is 5.97 Å². The molecule has 2 bridgehead atoms. The number of hydrogen-bond donors (Lipinski definition) is 2. The highest BCUT2D eigenvalue weighted by Crippen LogP contribution is 2.39. The van der Waals surface area contributed by atoms with Gasteiger partial charge in [0.05, 0.1) is 18.1 Å². The van der Waals surface area contributed by atoms with Crippen molar-refractivity contribution in [2.45, 2.75) is 63.2 Å². The molecule has 4 atom stereocenters. The van der Waals surface area contributed by atoms with Crippen LogP contribution in [0.5, 0.6) is 0 Å². The van der Waals surface area contributed by atoms with Crippen LogP contribution in [0.4, 0.5) is 0 Å². The summed E-state index contributed by atoms with van der Waals surface area (Å²) in [7, 11) is 0. The summed E-state index contributed by atoms with van der Waals surface area (Å²) in [4.78, 5) is 23.9. The van der Waals surface area contributed by atoms with Gasteiger partial charge in [-0.2, -0.15) is 0 Å². The monoisotopic (exact) mass is 293 g/mol. The van der Waals surface area contributed by atoms with Gasteiger partial charge < -0.3 is 15.2 Å². The van der Waals surface area contributed by atoms with Crippen LogP contribution in [-0.2, 0) is 14.3 Å². The Labute approximate surface area is 124 Å². The fraction of sp³-hybridized carbons (Fsp3) is 0.750. The lowest BCUT2D eigenvalue weighted by atomic mass is 9.82. The maximum absolute atomic E-state index is 12.5. The van der Waals surface area contributed by atoms with Crippen molar-refractivity contribution in [3.63, 3.8) is 0 Å². The molecule has 2 fully saturated rings. The van der Waals surface area contributed by atoms with Crippen LogP contribution in [0.2, 0.25) is 0 Å². The third-order valence-electron chi connectivity index (χ3n) is 4.94. The van der Waals surface area contributed by atoms with Crippen molar-refractivity contribution in [2.24, 2.45) is 11.8 Å². The van der Waals surface area contributed by atoms with Gasteiger partial charge in [0.1, 0.15) is 5.92 Å². The van der Waals surface area contributed by atoms with Gasteiger partial charge in [-0.05, 0) is 12.8 Å². The first kappa shape index (κ1) is 14.6. The standard InChI is InChI=1S/C16H23NO4/c18-15(17-10-6-4-2-1-3-5-7-10)13-11-8-9-12(21-11)14(13)16(19)20/h8-14H,1-7H2,(H,17,18)(H,19,20)/t11-,12+,13+,14+/m1/s1. The van der Waals surface area contributed by atoms with Crippen molar-refractivity contribution in [1.29, 1.82) is 0 Å². The summed E-state index contributed by atoms with van der Waals surface area (Å²) in [5.41, 5.74) is 0. The highest BCUT2D eigenvalue weighted by atomic mass is 16.5. The van der Waals surface area contributed by atoms with Gasteiger partial charge in [-0.15, -0.1) is 0 Å². The molecule has 0 radical (unpaired) electrons. The normalized spacial score (nSPS) is 36.2. The molecule has 0 unspecified atom stereocenters. The number of carboxylic acids is 1. The van der Waals surface area contributed by atoms with E-state index in [0.717, 1.165) is 25.7 Å². The number of carboxylic acid groups (broad SMARTS) is 1. The summed E-state index contributed by atoms with van der Waals surface area (Å²) in [5.74, 6) is -2.41. The molecule has 116 valence electrons. The predicted molar refractivity (Wildman–Crippen MR) is 76.7 cm³/mol. The van der Waals surface area contributed by atoms with Gasteiger partial charge in [-0.25, -0.2) is 0 Å². The van der Waals surface area contributed by atoms with Crippen LogP contribution in [0.15, 0.2) is 12.2 Å². The van der Waals surface area contributed by atoms with Crippen LogP contribution in [0.3, 0.4) is 0 Å². The van der Waals surface area contributed by atoms with E-state index in [4.69, 9.17) is 4.74 Å². The third kappa shape index (κ3) is 2.98. The van der Waals surface area contributed by atoms with Crippen molar-refractivity contribution in [3.8, 4) is 0 Å². The quantitative estimate of drug-likeness (QED) is 0.779. The smallest absolute Gasteiger partial charge is 0.310 e. The molecule has 2 aliphatic heterocycles. The molecule has 0 aromatic heterocycles. The largest absolute Gasteiger partial charge is 0.481 e. The molecule has 3 rings (SSSR count). The highest BCUT2D eigenvalue weighted by molar-refractivity contribution is 5.87. The topological polar surface area (TPSA) is 75.6 Å². The Morgan fingerprint density at radius 1 is 0.952 bits per heavy atom. The molecule has 0 aromatic rings. The van der Waals surface area contributed by atoms with Crippen LogP contribution in [0.25, 0.3) is 0 Å². The Morgan fingerprint density at radius 2 is 1.52 bits per heavy atom. The molecular formula is C16H23NO4. The molecule has 21 heavy (non-hydrogen) atoms. The summed E-state index contributed by atoms with van der Waals surface area (Å²) in [6.07, 6.45) is 10.8. The Balaban J connectivity index is 1.64. The van der Waals surface area contributed by atoms with E-state index < -0.39 is 23.9 Å². The van der Waals surface area contributed by atoms with Crippen LogP contribution >= 0.6 is 0 Å². The summed E-state index contributed by atoms with van der Waals surface area (Å²) >= 11 is 0. The fourth-order valence-electron chi connectivity index (χ4n) is 3.81. The molecule has 1 saturated carbocycles. The number of aliphatic carboxylic acids is 1. The average molecular weight is 293 g/mol. The number of carbonyl (C=O) groups is 2. The van der Waals surface area contributed by atoms with Gasteiger partial charge in [0.25, 0.3) is 0 Å². The van der Waals surface area contributed by atoms with Gasteiger partial charge in [0, 0.05) is 6.04 Å². The minimum atomic E-state index is -0.940. The number of nitrogens with one attached hydrogen (secondary N) is 1. The Hall–Kier alpha value is -1.36. The van der Waals surface area contributed by atoms with Crippen molar-refractivity contribution in [2.75, 3.05) is 0 Å². The van der Waals surface area contributed by atoms with E-state index in [1.807, 2.05) is 6.08 Å². The molecule has 1 aliphatic carbocycles. The zero-order valence-electron chi connectivity index (χ0n) is 12.2. The molecular weight excluding hydrogens is 270 g/mol. The van der Waals surface area contributed by atoms with Crippen molar-refractivity contribution in [1.82, 2.24) is 5.32 Å². The van der Waals surface area contributed by atoms with Crippen LogP contribution in [-0.4, -0.2) is 35.2 Å². The average Bonchev–Trinajstić information content (AvgIpc) is 3.01. The first-order chi connectivity index (χ1) is 10.2. The number of ether oxygens (including phenoxy) is 1. The summed E-state index contributed by atoms with van der Waals surface area (Å²) in [6.45, 7) is 0. The zero-order chi connectivity index (χ0) is 14.8. The second-order valence-corrected chi connectivity index (χ2v) is 6.39. The van der Waals surface area contributed by atoms with E-state index in [1.54, 1.807) is 6.08 Å². The molecule has 5 heteroatoms. The van der Waals surface area contributed by atoms with E-state index in [2.05, 4.69) is 5.32 Å². The highest BCUT2D eigenvalue weighted by Gasteiger charge is 2.53. The number of amides is 1. The number of rotatable bonds is 3. The SMILES string of the molecule is O=C(O)[C@@H]1[C@@H](C(=O)NC2CCCCCCC2)[C@H]2C=C[C@@H]1O2. The van der Waals surface area contributed by atoms with E-state index in [0.29, 0.717) is 0 Å². The zero-order valence-corrected chi connectivity index (χ0v) is 12.2. The van der Waals surface area contributed by atoms with E-state index >= 15 is 0 Å². The minimum Gasteiger partial charge on any atom is -0.481 e. The first-order valence-corrected chi connectivity index (χ1v) is 8.04. The summed E-state index contributed by atoms with van der Waals surface area (Å²) in [6, 6.07) is 0.190. The lowest BCUT2D eigenvalue weighted by molar-refractivity contribution is -0.146. The Kier molecular flexibility index (Phi) is 4.29. The van der Waals surface area contributed by atoms with E-state index in [-0.39, 0.29) is 18.1 Å². The number of carbonyl (C=O) groups excluding carboxylic acids is 1. The van der Waals surface area contributed by atoms with E-state index in [1.165, 1.54) is 19.3 Å². The summed E-state index contributed by atoms with van der Waals surface area (Å²) in [5, 5.41) is 12.4. The molecule has 2 N–H and O–H groups in total. The Bertz CT molecular complexity index is 440. The van der Waals surface area contributed by atoms with Gasteiger partial charge in [0.15, 0.2) is 0 Å². The maximum atomic E-state index is 12.5. The van der Waals surface area contributed by atoms with E-state index in [9.17, 15) is 14.7 Å². The molecule has 3 aliphatic rings. The van der Waals surface area contributed by atoms with Crippen molar-refractivity contribution in [3.05, 3.63) is 12.2 Å². The number of fused-ring (bicyclic) bond motifs is 2. The second-order valence-electron chi connectivity index (χ2n) is 6.39. The van der Waals surface area contributed by atoms with Crippen LogP contribution in [0, 0.1) is 11.8 Å². The molecule has 0 spiro atoms. The van der Waals surface area contributed by atoms with Gasteiger partial charge in [-0.1, -0.05) is 44.3 Å². The van der Waals surface area contributed by atoms with Gasteiger partial charge in [-0.3, -0.25) is 9.59 Å². The minimum absolute atomic E-state index is 0.148. The summed E-state index contributed by atoms with van der Waals surface area (Å²) < 4.78 is 5.56. The molecule has 1 saturated heterocycles. The first-order valence-electron chi connectivity index (χ1n) is 8.04. The lowest BCUT2D eigenvalue weighted by Crippen LogP contribution is -2.46. The lowest BCUT2D eigenvalue weighted by Gasteiger charge is -2.26. The molecule has 0 aromatic carbocycles. The predicted octanol–water partition coefficient (Wildman–Crippen LogP) is 1.87. The number of hydrogen-bond acceptors (Lipinski definition) is 3. The van der Waals surface area contributed by atoms with Crippen LogP contribution in [0.1, 0.15) is 44.9 Å². The second kappa shape index (κ2) is 6.18. The third-order valence-corrected chi connectivity index (χ3v) is 4.94. The molecule has 1 amide bonds. The Morgan fingerprint density at radius 3 is 2.14 bits per heavy atom. The van der Waals surface area contributed by atoms with Crippen molar-refractivity contribution >= 4 is 11.9 Å². The van der Waals surface area contributed by atoms with Gasteiger partial charge in [0.2, 0.25) is 5.91 Å².